The molecule has 2 amide bonds. The van der Waals surface area contributed by atoms with Crippen molar-refractivity contribution in [3.05, 3.63) is 42.0 Å². The number of carbonyl (C=O) groups is 1. The Balaban J connectivity index is 1.41. The summed E-state index contributed by atoms with van der Waals surface area (Å²) in [6.45, 7) is 4.85. The van der Waals surface area contributed by atoms with Gasteiger partial charge in [0.25, 0.3) is 0 Å². The molecule has 1 N–H and O–H groups in total. The number of thiazole rings is 1. The molecule has 1 aliphatic heterocycles. The van der Waals surface area contributed by atoms with Gasteiger partial charge in [-0.3, -0.25) is 0 Å². The number of aromatic nitrogens is 1. The standard InChI is InChI=1S/C21H24N4O3S/c1-14-6-4-9-17-18(14)23-21(29-17)25-12-10-24(11-13-25)20(26)22-15-7-5-8-16(27-2)19(15)28-3/h4-9H,10-13H2,1-3H3,(H,22,26). The minimum absolute atomic E-state index is 0.142. The van der Waals surface area contributed by atoms with E-state index < -0.39 is 0 Å². The number of anilines is 2. The van der Waals surface area contributed by atoms with Crippen LogP contribution < -0.4 is 19.7 Å². The number of aryl methyl sites for hydroxylation is 1. The first-order chi connectivity index (χ1) is 14.1. The fourth-order valence-electron chi connectivity index (χ4n) is 3.49. The summed E-state index contributed by atoms with van der Waals surface area (Å²) in [5.74, 6) is 1.10. The molecule has 0 aliphatic carbocycles. The van der Waals surface area contributed by atoms with Gasteiger partial charge in [0, 0.05) is 26.2 Å². The Bertz CT molecular complexity index is 1030. The monoisotopic (exact) mass is 412 g/mol. The van der Waals surface area contributed by atoms with E-state index in [0.717, 1.165) is 23.7 Å². The van der Waals surface area contributed by atoms with Gasteiger partial charge in [0.2, 0.25) is 0 Å². The molecule has 2 heterocycles. The van der Waals surface area contributed by atoms with Gasteiger partial charge in [0.1, 0.15) is 0 Å². The van der Waals surface area contributed by atoms with Gasteiger partial charge >= 0.3 is 6.03 Å². The third kappa shape index (κ3) is 3.80. The fraction of sp³-hybridized carbons (Fsp3) is 0.333. The number of piperazine rings is 1. The average molecular weight is 413 g/mol. The van der Waals surface area contributed by atoms with Crippen LogP contribution in [0.4, 0.5) is 15.6 Å². The number of hydrogen-bond acceptors (Lipinski definition) is 6. The molecule has 4 rings (SSSR count). The SMILES string of the molecule is COc1cccc(NC(=O)N2CCN(c3nc4c(C)cccc4s3)CC2)c1OC. The number of rotatable bonds is 4. The van der Waals surface area contributed by atoms with E-state index in [0.29, 0.717) is 30.3 Å². The van der Waals surface area contributed by atoms with E-state index in [9.17, 15) is 4.79 Å². The molecular weight excluding hydrogens is 388 g/mol. The predicted molar refractivity (Wildman–Crippen MR) is 117 cm³/mol. The summed E-state index contributed by atoms with van der Waals surface area (Å²) in [5.41, 5.74) is 2.86. The second-order valence-electron chi connectivity index (χ2n) is 6.86. The van der Waals surface area contributed by atoms with Crippen LogP contribution in [0, 0.1) is 6.92 Å². The first kappa shape index (κ1) is 19.3. The summed E-state index contributed by atoms with van der Waals surface area (Å²) >= 11 is 1.70. The molecule has 0 radical (unpaired) electrons. The van der Waals surface area contributed by atoms with Crippen LogP contribution in [0.15, 0.2) is 36.4 Å². The Morgan fingerprint density at radius 1 is 1.07 bits per heavy atom. The quantitative estimate of drug-likeness (QED) is 0.702. The summed E-state index contributed by atoms with van der Waals surface area (Å²) in [4.78, 5) is 21.6. The summed E-state index contributed by atoms with van der Waals surface area (Å²) in [6.07, 6.45) is 0. The molecule has 152 valence electrons. The van der Waals surface area contributed by atoms with Crippen molar-refractivity contribution in [3.63, 3.8) is 0 Å². The van der Waals surface area contributed by atoms with Gasteiger partial charge in [-0.15, -0.1) is 0 Å². The van der Waals surface area contributed by atoms with E-state index in [-0.39, 0.29) is 6.03 Å². The maximum absolute atomic E-state index is 12.8. The highest BCUT2D eigenvalue weighted by Gasteiger charge is 2.24. The van der Waals surface area contributed by atoms with Gasteiger partial charge in [0.15, 0.2) is 16.6 Å². The zero-order chi connectivity index (χ0) is 20.4. The van der Waals surface area contributed by atoms with Crippen LogP contribution in [0.1, 0.15) is 5.56 Å². The molecule has 1 fully saturated rings. The molecule has 1 aromatic heterocycles. The Morgan fingerprint density at radius 2 is 1.83 bits per heavy atom. The number of methoxy groups -OCH3 is 2. The van der Waals surface area contributed by atoms with Gasteiger partial charge in [-0.05, 0) is 30.7 Å². The topological polar surface area (TPSA) is 66.9 Å². The van der Waals surface area contributed by atoms with Crippen molar-refractivity contribution in [2.75, 3.05) is 50.6 Å². The highest BCUT2D eigenvalue weighted by atomic mass is 32.1. The molecule has 0 spiro atoms. The molecule has 0 atom stereocenters. The second kappa shape index (κ2) is 8.16. The molecule has 8 heteroatoms. The Hall–Kier alpha value is -3.00. The van der Waals surface area contributed by atoms with Crippen molar-refractivity contribution in [2.24, 2.45) is 0 Å². The zero-order valence-corrected chi connectivity index (χ0v) is 17.6. The molecule has 0 saturated carbocycles. The van der Waals surface area contributed by atoms with Gasteiger partial charge in [0.05, 0.1) is 30.1 Å². The summed E-state index contributed by atoms with van der Waals surface area (Å²) in [7, 11) is 3.14. The van der Waals surface area contributed by atoms with E-state index in [1.807, 2.05) is 11.0 Å². The van der Waals surface area contributed by atoms with E-state index in [1.54, 1.807) is 37.7 Å². The van der Waals surface area contributed by atoms with Crippen molar-refractivity contribution in [1.29, 1.82) is 0 Å². The summed E-state index contributed by atoms with van der Waals surface area (Å²) in [5, 5.41) is 3.96. The first-order valence-electron chi connectivity index (χ1n) is 9.48. The molecule has 1 aliphatic rings. The van der Waals surface area contributed by atoms with Crippen LogP contribution in [0.2, 0.25) is 0 Å². The third-order valence-corrected chi connectivity index (χ3v) is 6.17. The third-order valence-electron chi connectivity index (χ3n) is 5.09. The number of nitrogens with zero attached hydrogens (tertiary/aromatic N) is 3. The molecule has 0 unspecified atom stereocenters. The Kier molecular flexibility index (Phi) is 5.44. The number of carbonyl (C=O) groups excluding carboxylic acids is 1. The van der Waals surface area contributed by atoms with Crippen LogP contribution >= 0.6 is 11.3 Å². The van der Waals surface area contributed by atoms with Crippen molar-refractivity contribution in [3.8, 4) is 11.5 Å². The van der Waals surface area contributed by atoms with Gasteiger partial charge < -0.3 is 24.6 Å². The van der Waals surface area contributed by atoms with Crippen molar-refractivity contribution < 1.29 is 14.3 Å². The average Bonchev–Trinajstić information content (AvgIpc) is 3.19. The Labute approximate surface area is 173 Å². The van der Waals surface area contributed by atoms with Crippen LogP contribution in [-0.2, 0) is 0 Å². The van der Waals surface area contributed by atoms with E-state index in [4.69, 9.17) is 14.5 Å². The molecule has 1 saturated heterocycles. The number of urea groups is 1. The maximum atomic E-state index is 12.8. The number of amides is 2. The molecule has 3 aromatic rings. The van der Waals surface area contributed by atoms with Crippen LogP contribution in [0.3, 0.4) is 0 Å². The number of fused-ring (bicyclic) bond motifs is 1. The number of nitrogens with one attached hydrogen (secondary N) is 1. The number of benzene rings is 2. The largest absolute Gasteiger partial charge is 0.493 e. The summed E-state index contributed by atoms with van der Waals surface area (Å²) in [6, 6.07) is 11.5. The molecular formula is C21H24N4O3S. The minimum atomic E-state index is -0.142. The van der Waals surface area contributed by atoms with E-state index >= 15 is 0 Å². The lowest BCUT2D eigenvalue weighted by molar-refractivity contribution is 0.208. The highest BCUT2D eigenvalue weighted by Crippen LogP contribution is 2.35. The number of ether oxygens (including phenoxy) is 2. The van der Waals surface area contributed by atoms with E-state index in [1.165, 1.54) is 10.3 Å². The minimum Gasteiger partial charge on any atom is -0.493 e. The second-order valence-corrected chi connectivity index (χ2v) is 7.87. The van der Waals surface area contributed by atoms with Crippen molar-refractivity contribution in [2.45, 2.75) is 6.92 Å². The smallest absolute Gasteiger partial charge is 0.322 e. The lowest BCUT2D eigenvalue weighted by atomic mass is 10.2. The van der Waals surface area contributed by atoms with Crippen LogP contribution in [0.5, 0.6) is 11.5 Å². The Morgan fingerprint density at radius 3 is 2.52 bits per heavy atom. The number of para-hydroxylation sites is 2. The predicted octanol–water partition coefficient (Wildman–Crippen LogP) is 3.98. The first-order valence-corrected chi connectivity index (χ1v) is 10.3. The highest BCUT2D eigenvalue weighted by molar-refractivity contribution is 7.22. The lowest BCUT2D eigenvalue weighted by Gasteiger charge is -2.34. The maximum Gasteiger partial charge on any atom is 0.322 e. The zero-order valence-electron chi connectivity index (χ0n) is 16.8. The van der Waals surface area contributed by atoms with Crippen LogP contribution in [-0.4, -0.2) is 56.3 Å². The lowest BCUT2D eigenvalue weighted by Crippen LogP contribution is -2.50. The van der Waals surface area contributed by atoms with Gasteiger partial charge in [-0.1, -0.05) is 29.5 Å². The van der Waals surface area contributed by atoms with Crippen molar-refractivity contribution in [1.82, 2.24) is 9.88 Å². The van der Waals surface area contributed by atoms with Gasteiger partial charge in [-0.2, -0.15) is 0 Å². The van der Waals surface area contributed by atoms with Crippen LogP contribution in [0.25, 0.3) is 10.2 Å². The van der Waals surface area contributed by atoms with Gasteiger partial charge in [-0.25, -0.2) is 9.78 Å². The molecule has 7 nitrogen and oxygen atoms in total. The van der Waals surface area contributed by atoms with E-state index in [2.05, 4.69) is 35.3 Å². The molecule has 0 bridgehead atoms. The fourth-order valence-corrected chi connectivity index (χ4v) is 4.59. The molecule has 29 heavy (non-hydrogen) atoms. The molecule has 2 aromatic carbocycles. The number of hydrogen-bond donors (Lipinski definition) is 1. The normalized spacial score (nSPS) is 14.2. The van der Waals surface area contributed by atoms with Crippen molar-refractivity contribution >= 4 is 38.4 Å². The summed E-state index contributed by atoms with van der Waals surface area (Å²) < 4.78 is 11.9.